The van der Waals surface area contributed by atoms with E-state index in [1.54, 1.807) is 0 Å². The maximum absolute atomic E-state index is 10.6. The van der Waals surface area contributed by atoms with Gasteiger partial charge >= 0.3 is 0 Å². The molecule has 2 atom stereocenters. The zero-order valence-corrected chi connectivity index (χ0v) is 9.26. The number of carbonyl (C=O) groups is 1. The smallest absolute Gasteiger partial charge is 0.150 e. The fraction of sp³-hybridized carbons (Fsp3) is 0.364. The van der Waals surface area contributed by atoms with Gasteiger partial charge < -0.3 is 15.3 Å². The number of rotatable bonds is 5. The second kappa shape index (κ2) is 5.96. The Morgan fingerprint density at radius 1 is 1.31 bits per heavy atom. The molecule has 5 heteroatoms. The van der Waals surface area contributed by atoms with Gasteiger partial charge in [-0.05, 0) is 30.2 Å². The molecule has 0 radical (unpaired) electrons. The van der Waals surface area contributed by atoms with Gasteiger partial charge in [0.15, 0.2) is 0 Å². The molecule has 0 bridgehead atoms. The Kier molecular flexibility index (Phi) is 4.89. The van der Waals surface area contributed by atoms with Crippen molar-refractivity contribution in [2.75, 3.05) is 6.61 Å². The molecule has 0 aliphatic rings. The van der Waals surface area contributed by atoms with E-state index < -0.39 is 12.2 Å². The fourth-order valence-corrected chi connectivity index (χ4v) is 1.64. The topological polar surface area (TPSA) is 77.8 Å². The predicted molar refractivity (Wildman–Crippen MR) is 59.5 cm³/mol. The molecule has 2 unspecified atom stereocenters. The van der Waals surface area contributed by atoms with E-state index in [1.165, 1.54) is 18.2 Å². The molecule has 1 aromatic rings. The van der Waals surface area contributed by atoms with E-state index in [-0.39, 0.29) is 13.0 Å². The van der Waals surface area contributed by atoms with Crippen LogP contribution in [0.5, 0.6) is 0 Å². The van der Waals surface area contributed by atoms with E-state index >= 15 is 0 Å². The molecule has 0 heterocycles. The largest absolute Gasteiger partial charge is 0.396 e. The number of aliphatic hydroxyl groups excluding tert-OH is 3. The third-order valence-corrected chi connectivity index (χ3v) is 2.43. The summed E-state index contributed by atoms with van der Waals surface area (Å²) in [6, 6.07) is 4.38. The van der Waals surface area contributed by atoms with Crippen molar-refractivity contribution in [3.63, 3.8) is 0 Å². The molecule has 1 aromatic carbocycles. The van der Waals surface area contributed by atoms with Crippen LogP contribution in [-0.4, -0.2) is 34.3 Å². The molecule has 0 fully saturated rings. The molecule has 1 rings (SSSR count). The number of aldehydes is 1. The summed E-state index contributed by atoms with van der Waals surface area (Å²) in [7, 11) is 0. The molecule has 0 saturated heterocycles. The summed E-state index contributed by atoms with van der Waals surface area (Å²) in [4.78, 5) is 10.6. The summed E-state index contributed by atoms with van der Waals surface area (Å²) in [6.45, 7) is -0.223. The molecule has 3 N–H and O–H groups in total. The Morgan fingerprint density at radius 2 is 2.00 bits per heavy atom. The van der Waals surface area contributed by atoms with Crippen LogP contribution in [0.2, 0.25) is 5.02 Å². The number of hydrogen-bond acceptors (Lipinski definition) is 4. The van der Waals surface area contributed by atoms with Crippen molar-refractivity contribution in [2.24, 2.45) is 0 Å². The van der Waals surface area contributed by atoms with Crippen LogP contribution in [0.15, 0.2) is 18.2 Å². The van der Waals surface area contributed by atoms with Crippen molar-refractivity contribution in [2.45, 2.75) is 18.6 Å². The highest BCUT2D eigenvalue weighted by Crippen LogP contribution is 2.23. The van der Waals surface area contributed by atoms with Gasteiger partial charge in [-0.1, -0.05) is 11.6 Å². The second-order valence-corrected chi connectivity index (χ2v) is 3.90. The van der Waals surface area contributed by atoms with E-state index in [0.29, 0.717) is 22.4 Å². The molecule has 0 aliphatic heterocycles. The van der Waals surface area contributed by atoms with Gasteiger partial charge in [-0.15, -0.1) is 0 Å². The normalized spacial score (nSPS) is 14.5. The summed E-state index contributed by atoms with van der Waals surface area (Å²) in [5, 5.41) is 28.2. The summed E-state index contributed by atoms with van der Waals surface area (Å²) in [6.07, 6.45) is -1.57. The van der Waals surface area contributed by atoms with Crippen LogP contribution in [-0.2, 0) is 0 Å². The molecular formula is C11H13ClO4. The van der Waals surface area contributed by atoms with Crippen LogP contribution >= 0.6 is 11.6 Å². The van der Waals surface area contributed by atoms with Crippen molar-refractivity contribution in [1.82, 2.24) is 0 Å². The SMILES string of the molecule is O=Cc1cc(Cl)cc(C(O)C(O)CCO)c1. The Hall–Kier alpha value is -0.940. The average Bonchev–Trinajstić information content (AvgIpc) is 2.27. The van der Waals surface area contributed by atoms with Crippen LogP contribution in [0, 0.1) is 0 Å². The van der Waals surface area contributed by atoms with Crippen LogP contribution in [0.1, 0.15) is 28.4 Å². The highest BCUT2D eigenvalue weighted by atomic mass is 35.5. The van der Waals surface area contributed by atoms with Crippen LogP contribution in [0.3, 0.4) is 0 Å². The van der Waals surface area contributed by atoms with E-state index in [0.717, 1.165) is 0 Å². The first-order valence-corrected chi connectivity index (χ1v) is 5.19. The third kappa shape index (κ3) is 3.28. The minimum absolute atomic E-state index is 0.0596. The lowest BCUT2D eigenvalue weighted by atomic mass is 10.0. The lowest BCUT2D eigenvalue weighted by molar-refractivity contribution is 0.00420. The third-order valence-electron chi connectivity index (χ3n) is 2.21. The van der Waals surface area contributed by atoms with E-state index in [9.17, 15) is 15.0 Å². The van der Waals surface area contributed by atoms with Gasteiger partial charge in [-0.2, -0.15) is 0 Å². The Morgan fingerprint density at radius 3 is 2.56 bits per heavy atom. The zero-order chi connectivity index (χ0) is 12.1. The van der Waals surface area contributed by atoms with Crippen molar-refractivity contribution >= 4 is 17.9 Å². The summed E-state index contributed by atoms with van der Waals surface area (Å²) in [5.41, 5.74) is 0.688. The predicted octanol–water partition coefficient (Wildman–Crippen LogP) is 0.929. The number of hydrogen-bond donors (Lipinski definition) is 3. The molecule has 0 amide bonds. The van der Waals surface area contributed by atoms with E-state index in [4.69, 9.17) is 16.7 Å². The van der Waals surface area contributed by atoms with Crippen molar-refractivity contribution in [1.29, 1.82) is 0 Å². The number of halogens is 1. The van der Waals surface area contributed by atoms with Crippen molar-refractivity contribution < 1.29 is 20.1 Å². The number of benzene rings is 1. The highest BCUT2D eigenvalue weighted by molar-refractivity contribution is 6.30. The lowest BCUT2D eigenvalue weighted by Crippen LogP contribution is -2.19. The minimum Gasteiger partial charge on any atom is -0.396 e. The van der Waals surface area contributed by atoms with Gasteiger partial charge in [0.25, 0.3) is 0 Å². The molecule has 88 valence electrons. The minimum atomic E-state index is -1.16. The first kappa shape index (κ1) is 13.1. The van der Waals surface area contributed by atoms with Gasteiger partial charge in [0.05, 0.1) is 6.10 Å². The molecular weight excluding hydrogens is 232 g/mol. The first-order chi connectivity index (χ1) is 7.58. The maximum atomic E-state index is 10.6. The monoisotopic (exact) mass is 244 g/mol. The van der Waals surface area contributed by atoms with Gasteiger partial charge in [0, 0.05) is 17.2 Å². The number of carbonyl (C=O) groups excluding carboxylic acids is 1. The van der Waals surface area contributed by atoms with Crippen molar-refractivity contribution in [3.8, 4) is 0 Å². The molecule has 4 nitrogen and oxygen atoms in total. The highest BCUT2D eigenvalue weighted by Gasteiger charge is 2.18. The van der Waals surface area contributed by atoms with Crippen molar-refractivity contribution in [3.05, 3.63) is 34.3 Å². The van der Waals surface area contributed by atoms with Gasteiger partial charge in [0.1, 0.15) is 12.4 Å². The summed E-state index contributed by atoms with van der Waals surface area (Å²) in [5.74, 6) is 0. The zero-order valence-electron chi connectivity index (χ0n) is 8.51. The van der Waals surface area contributed by atoms with E-state index in [2.05, 4.69) is 0 Å². The lowest BCUT2D eigenvalue weighted by Gasteiger charge is -2.17. The Labute approximate surface area is 98.1 Å². The standard InChI is InChI=1S/C11H13ClO4/c12-9-4-7(6-14)3-8(5-9)11(16)10(15)1-2-13/h3-6,10-11,13,15-16H,1-2H2. The van der Waals surface area contributed by atoms with E-state index in [1.807, 2.05) is 0 Å². The Bertz CT molecular complexity index is 367. The fourth-order valence-electron chi connectivity index (χ4n) is 1.39. The van der Waals surface area contributed by atoms with Gasteiger partial charge in [0.2, 0.25) is 0 Å². The molecule has 16 heavy (non-hydrogen) atoms. The first-order valence-electron chi connectivity index (χ1n) is 4.81. The van der Waals surface area contributed by atoms with Gasteiger partial charge in [-0.3, -0.25) is 4.79 Å². The summed E-state index contributed by atoms with van der Waals surface area (Å²) < 4.78 is 0. The molecule has 0 spiro atoms. The number of aliphatic hydroxyl groups is 3. The average molecular weight is 245 g/mol. The van der Waals surface area contributed by atoms with Gasteiger partial charge in [-0.25, -0.2) is 0 Å². The summed E-state index contributed by atoms with van der Waals surface area (Å²) >= 11 is 5.75. The Balaban J connectivity index is 2.93. The van der Waals surface area contributed by atoms with Crippen LogP contribution in [0.4, 0.5) is 0 Å². The quantitative estimate of drug-likeness (QED) is 0.674. The van der Waals surface area contributed by atoms with Crippen LogP contribution < -0.4 is 0 Å². The maximum Gasteiger partial charge on any atom is 0.150 e. The van der Waals surface area contributed by atoms with Crippen LogP contribution in [0.25, 0.3) is 0 Å². The molecule has 0 saturated carbocycles. The second-order valence-electron chi connectivity index (χ2n) is 3.46. The molecule has 0 aromatic heterocycles. The molecule has 0 aliphatic carbocycles.